The molecule has 37 heavy (non-hydrogen) atoms. The van der Waals surface area contributed by atoms with E-state index < -0.39 is 16.7 Å². The van der Waals surface area contributed by atoms with E-state index in [2.05, 4.69) is 15.6 Å². The van der Waals surface area contributed by atoms with Crippen molar-refractivity contribution in [1.82, 2.24) is 10.6 Å². The standard InChI is InChI=1S/C27H21N5O5/c1-37-20-11-9-17(10-12-20)13-14-29-27(34)23(16-28)24-21-7-2-3-8-22(21)25(30-24)31-26(33)18-5-4-6-19(15-18)32(35)36/h2-12,15H,13-14H2,1H3,(H,29,34)(H,30,31,33). The van der Waals surface area contributed by atoms with Gasteiger partial charge in [-0.25, -0.2) is 4.99 Å². The van der Waals surface area contributed by atoms with E-state index in [1.54, 1.807) is 31.4 Å². The van der Waals surface area contributed by atoms with Crippen molar-refractivity contribution in [2.75, 3.05) is 13.7 Å². The van der Waals surface area contributed by atoms with Gasteiger partial charge in [0.2, 0.25) is 0 Å². The first-order valence-corrected chi connectivity index (χ1v) is 11.2. The van der Waals surface area contributed by atoms with Crippen LogP contribution in [-0.4, -0.2) is 36.2 Å². The summed E-state index contributed by atoms with van der Waals surface area (Å²) in [6, 6.07) is 21.5. The fraction of sp³-hybridized carbons (Fsp3) is 0.111. The molecule has 184 valence electrons. The second-order valence-electron chi connectivity index (χ2n) is 7.96. The van der Waals surface area contributed by atoms with Gasteiger partial charge >= 0.3 is 0 Å². The van der Waals surface area contributed by atoms with Crippen LogP contribution in [0.15, 0.2) is 83.4 Å². The lowest BCUT2D eigenvalue weighted by Crippen LogP contribution is -2.30. The lowest BCUT2D eigenvalue weighted by Gasteiger charge is -2.07. The summed E-state index contributed by atoms with van der Waals surface area (Å²) in [4.78, 5) is 40.5. The number of hydrogen-bond acceptors (Lipinski definition) is 7. The number of non-ortho nitro benzene ring substituents is 1. The number of carbonyl (C=O) groups excluding carboxylic acids is 2. The molecule has 0 saturated carbocycles. The molecular weight excluding hydrogens is 474 g/mol. The maximum absolute atomic E-state index is 12.9. The minimum absolute atomic E-state index is 0.0728. The molecule has 2 N–H and O–H groups in total. The molecular formula is C27H21N5O5. The van der Waals surface area contributed by atoms with Crippen molar-refractivity contribution >= 4 is 29.0 Å². The number of fused-ring (bicyclic) bond motifs is 1. The minimum atomic E-state index is -0.610. The van der Waals surface area contributed by atoms with Crippen molar-refractivity contribution in [3.05, 3.63) is 111 Å². The Labute approximate surface area is 212 Å². The van der Waals surface area contributed by atoms with Crippen molar-refractivity contribution in [2.45, 2.75) is 6.42 Å². The number of benzene rings is 3. The number of methoxy groups -OCH3 is 1. The smallest absolute Gasteiger partial charge is 0.270 e. The third-order valence-electron chi connectivity index (χ3n) is 5.65. The highest BCUT2D eigenvalue weighted by Crippen LogP contribution is 2.30. The number of nitriles is 1. The van der Waals surface area contributed by atoms with Gasteiger partial charge in [0.15, 0.2) is 0 Å². The number of nitro groups is 1. The Hall–Kier alpha value is -5.30. The van der Waals surface area contributed by atoms with Crippen molar-refractivity contribution in [3.63, 3.8) is 0 Å². The molecule has 10 heteroatoms. The monoisotopic (exact) mass is 495 g/mol. The van der Waals surface area contributed by atoms with E-state index in [-0.39, 0.29) is 28.4 Å². The number of aliphatic imine (C=N–C) groups is 1. The topological polar surface area (TPSA) is 147 Å². The molecule has 0 aromatic heterocycles. The van der Waals surface area contributed by atoms with E-state index in [0.29, 0.717) is 24.1 Å². The molecule has 1 heterocycles. The Morgan fingerprint density at radius 1 is 1.05 bits per heavy atom. The molecule has 0 spiro atoms. The van der Waals surface area contributed by atoms with E-state index >= 15 is 0 Å². The summed E-state index contributed by atoms with van der Waals surface area (Å²) < 4.78 is 5.14. The summed E-state index contributed by atoms with van der Waals surface area (Å²) in [7, 11) is 1.58. The van der Waals surface area contributed by atoms with Crippen molar-refractivity contribution in [1.29, 1.82) is 5.26 Å². The van der Waals surface area contributed by atoms with Crippen LogP contribution in [-0.2, 0) is 11.2 Å². The van der Waals surface area contributed by atoms with Crippen LogP contribution < -0.4 is 15.4 Å². The summed E-state index contributed by atoms with van der Waals surface area (Å²) in [5, 5.41) is 26.2. The van der Waals surface area contributed by atoms with E-state index in [4.69, 9.17) is 4.74 Å². The van der Waals surface area contributed by atoms with Gasteiger partial charge in [-0.2, -0.15) is 5.26 Å². The Morgan fingerprint density at radius 3 is 2.46 bits per heavy atom. The third-order valence-corrected chi connectivity index (χ3v) is 5.65. The first kappa shape index (κ1) is 24.8. The highest BCUT2D eigenvalue weighted by atomic mass is 16.6. The molecule has 1 aliphatic rings. The van der Waals surface area contributed by atoms with E-state index in [0.717, 1.165) is 17.4 Å². The van der Waals surface area contributed by atoms with Gasteiger partial charge in [-0.1, -0.05) is 42.5 Å². The summed E-state index contributed by atoms with van der Waals surface area (Å²) in [6.45, 7) is 0.297. The summed E-state index contributed by atoms with van der Waals surface area (Å²) in [5.74, 6) is -0.326. The molecule has 0 bridgehead atoms. The van der Waals surface area contributed by atoms with Gasteiger partial charge in [0.1, 0.15) is 23.2 Å². The largest absolute Gasteiger partial charge is 0.497 e. The Morgan fingerprint density at radius 2 is 1.78 bits per heavy atom. The zero-order valence-electron chi connectivity index (χ0n) is 19.7. The first-order chi connectivity index (χ1) is 17.9. The SMILES string of the molecule is COc1ccc(CCNC(=O)C(C#N)=C2N=C(NC(=O)c3cccc([N+](=O)[O-])c3)c3ccccc32)cc1. The fourth-order valence-electron chi connectivity index (χ4n) is 3.77. The van der Waals surface area contributed by atoms with Gasteiger partial charge in [0, 0.05) is 35.4 Å². The van der Waals surface area contributed by atoms with Crippen LogP contribution in [0.2, 0.25) is 0 Å². The van der Waals surface area contributed by atoms with Crippen LogP contribution in [0.25, 0.3) is 5.70 Å². The summed E-state index contributed by atoms with van der Waals surface area (Å²) in [6.07, 6.45) is 0.550. The average Bonchev–Trinajstić information content (AvgIpc) is 3.27. The highest BCUT2D eigenvalue weighted by molar-refractivity contribution is 6.20. The molecule has 1 aliphatic heterocycles. The Bertz CT molecular complexity index is 1490. The van der Waals surface area contributed by atoms with Crippen molar-refractivity contribution in [2.24, 2.45) is 4.99 Å². The lowest BCUT2D eigenvalue weighted by atomic mass is 10.0. The van der Waals surface area contributed by atoms with E-state index in [1.165, 1.54) is 18.2 Å². The van der Waals surface area contributed by atoms with Gasteiger partial charge < -0.3 is 15.4 Å². The van der Waals surface area contributed by atoms with Gasteiger partial charge in [0.25, 0.3) is 17.5 Å². The number of ether oxygens (including phenoxy) is 1. The number of nitrogens with zero attached hydrogens (tertiary/aromatic N) is 3. The highest BCUT2D eigenvalue weighted by Gasteiger charge is 2.27. The molecule has 4 rings (SSSR count). The van der Waals surface area contributed by atoms with Crippen LogP contribution in [0, 0.1) is 21.4 Å². The molecule has 3 aromatic carbocycles. The molecule has 0 radical (unpaired) electrons. The lowest BCUT2D eigenvalue weighted by molar-refractivity contribution is -0.384. The van der Waals surface area contributed by atoms with Crippen molar-refractivity contribution in [3.8, 4) is 11.8 Å². The quantitative estimate of drug-likeness (QED) is 0.222. The van der Waals surface area contributed by atoms with Gasteiger partial charge in [-0.05, 0) is 30.2 Å². The average molecular weight is 495 g/mol. The Balaban J connectivity index is 1.54. The number of rotatable bonds is 7. The summed E-state index contributed by atoms with van der Waals surface area (Å²) >= 11 is 0. The van der Waals surface area contributed by atoms with E-state index in [9.17, 15) is 25.0 Å². The normalized spacial score (nSPS) is 13.0. The number of nitro benzene ring substituents is 1. The number of hydrogen-bond donors (Lipinski definition) is 2. The molecule has 0 aliphatic carbocycles. The number of carbonyl (C=O) groups is 2. The van der Waals surface area contributed by atoms with Gasteiger partial charge in [-0.15, -0.1) is 0 Å². The van der Waals surface area contributed by atoms with Gasteiger partial charge in [0.05, 0.1) is 17.7 Å². The second-order valence-corrected chi connectivity index (χ2v) is 7.96. The molecule has 0 fully saturated rings. The maximum atomic E-state index is 12.9. The number of nitrogens with one attached hydrogen (secondary N) is 2. The predicted octanol–water partition coefficient (Wildman–Crippen LogP) is 3.39. The minimum Gasteiger partial charge on any atom is -0.497 e. The Kier molecular flexibility index (Phi) is 7.35. The van der Waals surface area contributed by atoms with E-state index in [1.807, 2.05) is 30.3 Å². The molecule has 10 nitrogen and oxygen atoms in total. The van der Waals surface area contributed by atoms with Crippen molar-refractivity contribution < 1.29 is 19.2 Å². The van der Waals surface area contributed by atoms with Crippen LogP contribution >= 0.6 is 0 Å². The molecule has 0 atom stereocenters. The second kappa shape index (κ2) is 11.0. The maximum Gasteiger partial charge on any atom is 0.270 e. The molecule has 2 amide bonds. The van der Waals surface area contributed by atoms with Crippen LogP contribution in [0.4, 0.5) is 5.69 Å². The first-order valence-electron chi connectivity index (χ1n) is 11.2. The van der Waals surface area contributed by atoms with Crippen LogP contribution in [0.3, 0.4) is 0 Å². The molecule has 3 aromatic rings. The zero-order valence-corrected chi connectivity index (χ0v) is 19.7. The molecule has 0 unspecified atom stereocenters. The summed E-state index contributed by atoms with van der Waals surface area (Å²) in [5.41, 5.74) is 1.82. The third kappa shape index (κ3) is 5.52. The fourth-order valence-corrected chi connectivity index (χ4v) is 3.77. The zero-order chi connectivity index (χ0) is 26.4. The number of amides is 2. The van der Waals surface area contributed by atoms with Crippen LogP contribution in [0.5, 0.6) is 5.75 Å². The molecule has 0 saturated heterocycles. The number of amidine groups is 1. The predicted molar refractivity (Wildman–Crippen MR) is 136 cm³/mol. The van der Waals surface area contributed by atoms with Crippen LogP contribution in [0.1, 0.15) is 27.0 Å². The van der Waals surface area contributed by atoms with Gasteiger partial charge in [-0.3, -0.25) is 19.7 Å².